The Kier molecular flexibility index (Phi) is 3.21. The van der Waals surface area contributed by atoms with Crippen molar-refractivity contribution in [3.05, 3.63) is 47.4 Å². The Morgan fingerprint density at radius 1 is 1.33 bits per heavy atom. The van der Waals surface area contributed by atoms with Crippen LogP contribution in [0.4, 0.5) is 5.13 Å². The van der Waals surface area contributed by atoms with Gasteiger partial charge in [-0.1, -0.05) is 22.9 Å². The molecule has 0 saturated heterocycles. The molecule has 5 heteroatoms. The van der Waals surface area contributed by atoms with Gasteiger partial charge in [-0.2, -0.15) is 0 Å². The van der Waals surface area contributed by atoms with Crippen LogP contribution in [0.3, 0.4) is 0 Å². The van der Waals surface area contributed by atoms with E-state index in [1.165, 1.54) is 0 Å². The van der Waals surface area contributed by atoms with Gasteiger partial charge in [-0.15, -0.1) is 0 Å². The van der Waals surface area contributed by atoms with E-state index in [-0.39, 0.29) is 0 Å². The van der Waals surface area contributed by atoms with Crippen molar-refractivity contribution in [1.29, 1.82) is 0 Å². The summed E-state index contributed by atoms with van der Waals surface area (Å²) >= 11 is 7.56. The molecular formula is C13H11ClN2OS. The largest absolute Gasteiger partial charge is 0.469 e. The maximum Gasteiger partial charge on any atom is 0.183 e. The summed E-state index contributed by atoms with van der Waals surface area (Å²) in [6, 6.07) is 9.60. The lowest BCUT2D eigenvalue weighted by Gasteiger charge is -1.99. The zero-order chi connectivity index (χ0) is 12.4. The summed E-state index contributed by atoms with van der Waals surface area (Å²) in [6.45, 7) is 0.807. The minimum absolute atomic E-state index is 0.744. The van der Waals surface area contributed by atoms with Crippen LogP contribution >= 0.6 is 22.9 Å². The highest BCUT2D eigenvalue weighted by atomic mass is 35.5. The monoisotopic (exact) mass is 278 g/mol. The fourth-order valence-electron chi connectivity index (χ4n) is 1.72. The molecule has 3 rings (SSSR count). The minimum Gasteiger partial charge on any atom is -0.469 e. The molecule has 0 fully saturated rings. The third-order valence-corrected chi connectivity index (χ3v) is 3.79. The summed E-state index contributed by atoms with van der Waals surface area (Å²) in [6.07, 6.45) is 2.54. The van der Waals surface area contributed by atoms with Crippen LogP contribution in [0.2, 0.25) is 5.02 Å². The number of thiazole rings is 1. The number of benzene rings is 1. The Bertz CT molecular complexity index is 648. The average molecular weight is 279 g/mol. The van der Waals surface area contributed by atoms with Gasteiger partial charge in [0.1, 0.15) is 5.76 Å². The molecule has 0 aliphatic rings. The van der Waals surface area contributed by atoms with E-state index in [2.05, 4.69) is 10.3 Å². The van der Waals surface area contributed by atoms with Crippen LogP contribution < -0.4 is 5.32 Å². The molecule has 0 amide bonds. The second kappa shape index (κ2) is 5.00. The molecule has 0 unspecified atom stereocenters. The van der Waals surface area contributed by atoms with Gasteiger partial charge in [0.05, 0.1) is 16.5 Å². The van der Waals surface area contributed by atoms with Crippen molar-refractivity contribution in [1.82, 2.24) is 4.98 Å². The first-order chi connectivity index (χ1) is 8.81. The number of nitrogens with one attached hydrogen (secondary N) is 1. The van der Waals surface area contributed by atoms with Gasteiger partial charge in [-0.25, -0.2) is 4.98 Å². The summed E-state index contributed by atoms with van der Waals surface area (Å²) in [5, 5.41) is 4.96. The van der Waals surface area contributed by atoms with E-state index in [1.807, 2.05) is 30.3 Å². The maximum atomic E-state index is 5.95. The second-order valence-electron chi connectivity index (χ2n) is 3.89. The number of rotatable bonds is 4. The third-order valence-electron chi connectivity index (χ3n) is 2.58. The molecule has 3 nitrogen and oxygen atoms in total. The van der Waals surface area contributed by atoms with Crippen molar-refractivity contribution in [3.8, 4) is 0 Å². The van der Waals surface area contributed by atoms with Crippen LogP contribution in [0.15, 0.2) is 41.0 Å². The van der Waals surface area contributed by atoms with Crippen LogP contribution in [0.1, 0.15) is 5.76 Å². The van der Waals surface area contributed by atoms with Crippen molar-refractivity contribution >= 4 is 38.3 Å². The van der Waals surface area contributed by atoms with E-state index in [1.54, 1.807) is 17.6 Å². The molecule has 0 radical (unpaired) electrons. The van der Waals surface area contributed by atoms with E-state index in [0.717, 1.165) is 39.1 Å². The van der Waals surface area contributed by atoms with Crippen molar-refractivity contribution in [2.24, 2.45) is 0 Å². The van der Waals surface area contributed by atoms with Crippen LogP contribution in [-0.2, 0) is 6.42 Å². The highest BCUT2D eigenvalue weighted by Crippen LogP contribution is 2.28. The first kappa shape index (κ1) is 11.6. The van der Waals surface area contributed by atoms with E-state index >= 15 is 0 Å². The molecule has 2 heterocycles. The second-order valence-corrected chi connectivity index (χ2v) is 5.35. The Balaban J connectivity index is 1.67. The van der Waals surface area contributed by atoms with Gasteiger partial charge >= 0.3 is 0 Å². The summed E-state index contributed by atoms with van der Waals surface area (Å²) in [4.78, 5) is 4.49. The van der Waals surface area contributed by atoms with Crippen molar-refractivity contribution < 1.29 is 4.42 Å². The lowest BCUT2D eigenvalue weighted by Crippen LogP contribution is -2.03. The topological polar surface area (TPSA) is 38.1 Å². The summed E-state index contributed by atoms with van der Waals surface area (Å²) in [5.41, 5.74) is 0.977. The van der Waals surface area contributed by atoms with Crippen LogP contribution in [0.5, 0.6) is 0 Å². The predicted molar refractivity (Wildman–Crippen MR) is 75.5 cm³/mol. The average Bonchev–Trinajstić information content (AvgIpc) is 2.97. The van der Waals surface area contributed by atoms with Gasteiger partial charge in [0.2, 0.25) is 0 Å². The molecule has 1 aromatic carbocycles. The molecule has 2 aromatic heterocycles. The predicted octanol–water partition coefficient (Wildman–Crippen LogP) is 4.20. The Hall–Kier alpha value is -1.52. The van der Waals surface area contributed by atoms with Gasteiger partial charge in [-0.05, 0) is 30.3 Å². The summed E-state index contributed by atoms with van der Waals surface area (Å²) < 4.78 is 6.37. The van der Waals surface area contributed by atoms with Crippen molar-refractivity contribution in [2.75, 3.05) is 11.9 Å². The highest BCUT2D eigenvalue weighted by molar-refractivity contribution is 7.22. The Morgan fingerprint density at radius 3 is 3.11 bits per heavy atom. The number of halogens is 1. The maximum absolute atomic E-state index is 5.95. The smallest absolute Gasteiger partial charge is 0.183 e. The molecule has 0 bridgehead atoms. The first-order valence-electron chi connectivity index (χ1n) is 5.63. The first-order valence-corrected chi connectivity index (χ1v) is 6.83. The number of hydrogen-bond donors (Lipinski definition) is 1. The van der Waals surface area contributed by atoms with Gasteiger partial charge in [0.15, 0.2) is 5.13 Å². The third kappa shape index (κ3) is 2.49. The standard InChI is InChI=1S/C13H11ClN2OS/c14-9-3-4-11-12(8-9)18-13(16-11)15-6-5-10-2-1-7-17-10/h1-4,7-8H,5-6H2,(H,15,16). The molecule has 0 aliphatic heterocycles. The van der Waals surface area contributed by atoms with Crippen LogP contribution in [0.25, 0.3) is 10.2 Å². The van der Waals surface area contributed by atoms with E-state index in [4.69, 9.17) is 16.0 Å². The number of fused-ring (bicyclic) bond motifs is 1. The van der Waals surface area contributed by atoms with Gasteiger partial charge in [-0.3, -0.25) is 0 Å². The lowest BCUT2D eigenvalue weighted by atomic mass is 10.3. The van der Waals surface area contributed by atoms with Crippen LogP contribution in [0, 0.1) is 0 Å². The molecule has 0 saturated carbocycles. The van der Waals surface area contributed by atoms with Crippen molar-refractivity contribution in [3.63, 3.8) is 0 Å². The lowest BCUT2D eigenvalue weighted by molar-refractivity contribution is 0.513. The molecule has 0 aliphatic carbocycles. The Labute approximate surface area is 113 Å². The summed E-state index contributed by atoms with van der Waals surface area (Å²) in [7, 11) is 0. The molecule has 1 N–H and O–H groups in total. The quantitative estimate of drug-likeness (QED) is 0.777. The van der Waals surface area contributed by atoms with Crippen LogP contribution in [-0.4, -0.2) is 11.5 Å². The van der Waals surface area contributed by atoms with Gasteiger partial charge < -0.3 is 9.73 Å². The molecule has 18 heavy (non-hydrogen) atoms. The SMILES string of the molecule is Clc1ccc2nc(NCCc3ccco3)sc2c1. The number of aromatic nitrogens is 1. The Morgan fingerprint density at radius 2 is 2.28 bits per heavy atom. The van der Waals surface area contributed by atoms with Crippen molar-refractivity contribution in [2.45, 2.75) is 6.42 Å². The number of furan rings is 1. The fraction of sp³-hybridized carbons (Fsp3) is 0.154. The zero-order valence-electron chi connectivity index (χ0n) is 9.52. The highest BCUT2D eigenvalue weighted by Gasteiger charge is 2.04. The van der Waals surface area contributed by atoms with E-state index < -0.39 is 0 Å². The molecular weight excluding hydrogens is 268 g/mol. The van der Waals surface area contributed by atoms with Gasteiger partial charge in [0, 0.05) is 18.0 Å². The fourth-order valence-corrected chi connectivity index (χ4v) is 2.89. The zero-order valence-corrected chi connectivity index (χ0v) is 11.1. The summed E-state index contributed by atoms with van der Waals surface area (Å²) in [5.74, 6) is 0.978. The van der Waals surface area contributed by atoms with E-state index in [9.17, 15) is 0 Å². The molecule has 92 valence electrons. The molecule has 3 aromatic rings. The van der Waals surface area contributed by atoms with Gasteiger partial charge in [0.25, 0.3) is 0 Å². The number of nitrogens with zero attached hydrogens (tertiary/aromatic N) is 1. The minimum atomic E-state index is 0.744. The molecule has 0 atom stereocenters. The number of hydrogen-bond acceptors (Lipinski definition) is 4. The molecule has 0 spiro atoms. The number of anilines is 1. The normalized spacial score (nSPS) is 10.9. The van der Waals surface area contributed by atoms with E-state index in [0.29, 0.717) is 0 Å².